The maximum absolute atomic E-state index is 6.31. The van der Waals surface area contributed by atoms with Crippen LogP contribution >= 0.6 is 11.6 Å². The molecule has 6 heteroatoms. The molecule has 126 valence electrons. The van der Waals surface area contributed by atoms with Crippen molar-refractivity contribution in [2.75, 3.05) is 4.90 Å². The predicted molar refractivity (Wildman–Crippen MR) is 95.5 cm³/mol. The molecule has 0 radical (unpaired) electrons. The third-order valence-corrected chi connectivity index (χ3v) is 4.94. The van der Waals surface area contributed by atoms with E-state index < -0.39 is 0 Å². The second-order valence-corrected chi connectivity index (χ2v) is 7.10. The minimum absolute atomic E-state index is 0.0660. The first-order valence-electron chi connectivity index (χ1n) is 8.32. The highest BCUT2D eigenvalue weighted by Crippen LogP contribution is 2.50. The van der Waals surface area contributed by atoms with Gasteiger partial charge in [-0.05, 0) is 60.8 Å². The minimum atomic E-state index is 0.0660. The number of fused-ring (bicyclic) bond motifs is 1. The molecule has 1 aliphatic carbocycles. The van der Waals surface area contributed by atoms with E-state index >= 15 is 0 Å². The number of benzene rings is 2. The Morgan fingerprint density at radius 1 is 1.24 bits per heavy atom. The Morgan fingerprint density at radius 2 is 2.12 bits per heavy atom. The van der Waals surface area contributed by atoms with Crippen LogP contribution in [0.1, 0.15) is 31.0 Å². The van der Waals surface area contributed by atoms with Gasteiger partial charge in [-0.15, -0.1) is 0 Å². The highest BCUT2D eigenvalue weighted by atomic mass is 35.5. The third kappa shape index (κ3) is 2.23. The van der Waals surface area contributed by atoms with Crippen molar-refractivity contribution in [3.05, 3.63) is 52.5 Å². The Balaban J connectivity index is 1.46. The minimum Gasteiger partial charge on any atom is -0.489 e. The van der Waals surface area contributed by atoms with E-state index in [1.807, 2.05) is 26.0 Å². The number of nitrogens with zero attached hydrogens (tertiary/aromatic N) is 3. The van der Waals surface area contributed by atoms with Gasteiger partial charge in [0.25, 0.3) is 11.8 Å². The van der Waals surface area contributed by atoms with Crippen LogP contribution in [0.2, 0.25) is 5.02 Å². The van der Waals surface area contributed by atoms with Gasteiger partial charge in [-0.2, -0.15) is 4.98 Å². The molecule has 0 spiro atoms. The van der Waals surface area contributed by atoms with Gasteiger partial charge in [0.1, 0.15) is 5.75 Å². The summed E-state index contributed by atoms with van der Waals surface area (Å²) >= 11 is 6.31. The van der Waals surface area contributed by atoms with Crippen molar-refractivity contribution in [3.8, 4) is 17.2 Å². The van der Waals surface area contributed by atoms with Gasteiger partial charge in [-0.3, -0.25) is 4.90 Å². The van der Waals surface area contributed by atoms with Gasteiger partial charge >= 0.3 is 0 Å². The summed E-state index contributed by atoms with van der Waals surface area (Å²) in [5.74, 6) is 1.70. The lowest BCUT2D eigenvalue weighted by atomic mass is 10.1. The second kappa shape index (κ2) is 5.23. The number of halogens is 1. The van der Waals surface area contributed by atoms with Crippen LogP contribution in [0.4, 0.5) is 11.6 Å². The lowest BCUT2D eigenvalue weighted by molar-refractivity contribution is 0.242. The topological polar surface area (TPSA) is 51.4 Å². The zero-order valence-electron chi connectivity index (χ0n) is 13.9. The largest absolute Gasteiger partial charge is 0.489 e. The summed E-state index contributed by atoms with van der Waals surface area (Å²) in [5.41, 5.74) is 4.62. The van der Waals surface area contributed by atoms with Gasteiger partial charge in [0, 0.05) is 11.3 Å². The van der Waals surface area contributed by atoms with Crippen LogP contribution in [0.3, 0.4) is 0 Å². The van der Waals surface area contributed by atoms with E-state index in [-0.39, 0.29) is 6.10 Å². The molecular formula is C19H16ClN3O2. The molecule has 0 amide bonds. The fraction of sp³-hybridized carbons (Fsp3) is 0.263. The van der Waals surface area contributed by atoms with E-state index in [9.17, 15) is 0 Å². The van der Waals surface area contributed by atoms with E-state index in [1.54, 1.807) is 6.07 Å². The molecule has 1 unspecified atom stereocenters. The maximum Gasteiger partial charge on any atom is 0.271 e. The van der Waals surface area contributed by atoms with E-state index in [0.717, 1.165) is 12.0 Å². The van der Waals surface area contributed by atoms with E-state index in [2.05, 4.69) is 33.2 Å². The van der Waals surface area contributed by atoms with Crippen molar-refractivity contribution >= 4 is 23.2 Å². The average Bonchev–Trinajstić information content (AvgIpc) is 3.27. The molecule has 1 aromatic heterocycles. The Kier molecular flexibility index (Phi) is 3.09. The molecule has 0 saturated heterocycles. The quantitative estimate of drug-likeness (QED) is 0.666. The number of ether oxygens (including phenoxy) is 1. The molecule has 0 fully saturated rings. The maximum atomic E-state index is 6.31. The molecular weight excluding hydrogens is 338 g/mol. The number of rotatable bonds is 4. The highest BCUT2D eigenvalue weighted by Gasteiger charge is 2.39. The van der Waals surface area contributed by atoms with Crippen LogP contribution in [-0.2, 0) is 6.42 Å². The van der Waals surface area contributed by atoms with Crippen LogP contribution in [0.15, 0.2) is 40.9 Å². The summed E-state index contributed by atoms with van der Waals surface area (Å²) in [6, 6.07) is 12.4. The molecule has 2 aliphatic heterocycles. The first-order chi connectivity index (χ1) is 12.1. The van der Waals surface area contributed by atoms with Gasteiger partial charge < -0.3 is 9.26 Å². The number of hydrogen-bond donors (Lipinski definition) is 0. The number of hydrogen-bond acceptors (Lipinski definition) is 5. The summed E-state index contributed by atoms with van der Waals surface area (Å²) in [6.07, 6.45) is 1.09. The average molecular weight is 354 g/mol. The summed E-state index contributed by atoms with van der Waals surface area (Å²) in [7, 11) is 0. The van der Waals surface area contributed by atoms with E-state index in [1.165, 1.54) is 16.8 Å². The fourth-order valence-electron chi connectivity index (χ4n) is 3.61. The van der Waals surface area contributed by atoms with Crippen molar-refractivity contribution in [2.24, 2.45) is 0 Å². The second-order valence-electron chi connectivity index (χ2n) is 6.69. The normalized spacial score (nSPS) is 17.1. The Bertz CT molecular complexity index is 983. The molecule has 0 saturated carbocycles. The van der Waals surface area contributed by atoms with Crippen LogP contribution in [-0.4, -0.2) is 16.2 Å². The Morgan fingerprint density at radius 3 is 2.84 bits per heavy atom. The molecule has 25 heavy (non-hydrogen) atoms. The first-order valence-corrected chi connectivity index (χ1v) is 8.70. The molecule has 1 atom stereocenters. The van der Waals surface area contributed by atoms with Crippen LogP contribution < -0.4 is 9.64 Å². The Hall–Kier alpha value is -2.53. The summed E-state index contributed by atoms with van der Waals surface area (Å²) in [5, 5.41) is 4.71. The van der Waals surface area contributed by atoms with Crippen LogP contribution in [0.5, 0.6) is 5.75 Å². The highest BCUT2D eigenvalue weighted by molar-refractivity contribution is 6.32. The molecule has 3 aromatic rings. The molecule has 0 N–H and O–H groups in total. The predicted octanol–water partition coefficient (Wildman–Crippen LogP) is 4.93. The van der Waals surface area contributed by atoms with Crippen molar-refractivity contribution in [1.29, 1.82) is 0 Å². The molecule has 6 rings (SSSR count). The van der Waals surface area contributed by atoms with E-state index in [4.69, 9.17) is 20.9 Å². The molecule has 2 aromatic carbocycles. The lowest BCUT2D eigenvalue weighted by Crippen LogP contribution is -2.22. The molecule has 3 aliphatic rings. The van der Waals surface area contributed by atoms with E-state index in [0.29, 0.717) is 28.7 Å². The standard InChI is InChI=1S/C19H16ClN3O2/c1-10(2)24-17-6-4-12(8-14(17)20)18-21-19(22-25-18)23-15-5-3-11-7-13(15)9-16(11)23/h3-8,10,16H,9H2,1-2H3. The van der Waals surface area contributed by atoms with Crippen LogP contribution in [0, 0.1) is 0 Å². The molecule has 3 heterocycles. The third-order valence-electron chi connectivity index (χ3n) is 4.65. The van der Waals surface area contributed by atoms with Crippen molar-refractivity contribution in [2.45, 2.75) is 32.4 Å². The monoisotopic (exact) mass is 353 g/mol. The van der Waals surface area contributed by atoms with Gasteiger partial charge in [0.2, 0.25) is 0 Å². The van der Waals surface area contributed by atoms with Crippen molar-refractivity contribution in [1.82, 2.24) is 10.1 Å². The van der Waals surface area contributed by atoms with Crippen LogP contribution in [0.25, 0.3) is 11.5 Å². The summed E-state index contributed by atoms with van der Waals surface area (Å²) < 4.78 is 11.1. The smallest absolute Gasteiger partial charge is 0.271 e. The lowest BCUT2D eigenvalue weighted by Gasteiger charge is -2.27. The number of anilines is 2. The molecule has 4 bridgehead atoms. The van der Waals surface area contributed by atoms with Crippen molar-refractivity contribution < 1.29 is 9.26 Å². The van der Waals surface area contributed by atoms with Gasteiger partial charge in [0.15, 0.2) is 0 Å². The number of aromatic nitrogens is 2. The first kappa shape index (κ1) is 14.8. The fourth-order valence-corrected chi connectivity index (χ4v) is 3.83. The zero-order valence-corrected chi connectivity index (χ0v) is 14.6. The van der Waals surface area contributed by atoms with Crippen molar-refractivity contribution in [3.63, 3.8) is 0 Å². The van der Waals surface area contributed by atoms with Gasteiger partial charge in [-0.25, -0.2) is 0 Å². The summed E-state index contributed by atoms with van der Waals surface area (Å²) in [4.78, 5) is 6.73. The summed E-state index contributed by atoms with van der Waals surface area (Å²) in [6.45, 7) is 3.93. The zero-order chi connectivity index (χ0) is 17.1. The SMILES string of the molecule is CC(C)Oc1ccc(-c2nc(N3c4ccc5cc4CC53)no2)cc1Cl. The van der Waals surface area contributed by atoms with Gasteiger partial charge in [0.05, 0.1) is 17.2 Å². The molecule has 5 nitrogen and oxygen atoms in total. The van der Waals surface area contributed by atoms with Gasteiger partial charge in [-0.1, -0.05) is 23.7 Å². The Labute approximate surface area is 150 Å².